The third kappa shape index (κ3) is 2.29. The summed E-state index contributed by atoms with van der Waals surface area (Å²) in [5, 5.41) is 0. The van der Waals surface area contributed by atoms with Gasteiger partial charge in [0.05, 0.1) is 0 Å². The molecule has 2 aromatic carbocycles. The zero-order chi connectivity index (χ0) is 13.2. The van der Waals surface area contributed by atoms with Crippen molar-refractivity contribution < 1.29 is 9.53 Å². The number of carbonyl (C=O) groups excluding carboxylic acids is 1. The van der Waals surface area contributed by atoms with E-state index in [2.05, 4.69) is 0 Å². The Bertz CT molecular complexity index is 651. The van der Waals surface area contributed by atoms with Crippen LogP contribution in [-0.4, -0.2) is 12.4 Å². The van der Waals surface area contributed by atoms with E-state index < -0.39 is 0 Å². The van der Waals surface area contributed by atoms with E-state index in [-0.39, 0.29) is 5.78 Å². The summed E-state index contributed by atoms with van der Waals surface area (Å²) in [6, 6.07) is 15.4. The molecule has 0 aliphatic carbocycles. The number of ketones is 1. The van der Waals surface area contributed by atoms with Crippen LogP contribution < -0.4 is 4.74 Å². The van der Waals surface area contributed by atoms with Crippen LogP contribution in [0.5, 0.6) is 5.75 Å². The molecule has 0 amide bonds. The van der Waals surface area contributed by atoms with E-state index in [1.54, 1.807) is 0 Å². The van der Waals surface area contributed by atoms with E-state index in [0.29, 0.717) is 17.7 Å². The molecule has 0 fully saturated rings. The number of carbonyl (C=O) groups is 1. The van der Waals surface area contributed by atoms with E-state index in [4.69, 9.17) is 4.74 Å². The lowest BCUT2D eigenvalue weighted by molar-refractivity contribution is 0.102. The molecule has 1 aliphatic rings. The highest BCUT2D eigenvalue weighted by Crippen LogP contribution is 2.27. The van der Waals surface area contributed by atoms with Gasteiger partial charge in [-0.3, -0.25) is 4.79 Å². The van der Waals surface area contributed by atoms with Crippen molar-refractivity contribution >= 4 is 11.9 Å². The number of Topliss-reactive ketones (excluding diaryl/α,β-unsaturated/α-hetero) is 1. The van der Waals surface area contributed by atoms with Gasteiger partial charge in [-0.25, -0.2) is 0 Å². The van der Waals surface area contributed by atoms with E-state index >= 15 is 0 Å². The highest BCUT2D eigenvalue weighted by Gasteiger charge is 2.17. The number of para-hydroxylation sites is 1. The lowest BCUT2D eigenvalue weighted by Crippen LogP contribution is -2.15. The summed E-state index contributed by atoms with van der Waals surface area (Å²) >= 11 is 0. The smallest absolute Gasteiger partial charge is 0.192 e. The van der Waals surface area contributed by atoms with Crippen LogP contribution >= 0.6 is 0 Å². The van der Waals surface area contributed by atoms with Crippen molar-refractivity contribution in [2.75, 3.05) is 6.61 Å². The second-order valence-corrected chi connectivity index (χ2v) is 4.69. The second kappa shape index (κ2) is 4.73. The van der Waals surface area contributed by atoms with Gasteiger partial charge in [-0.1, -0.05) is 48.0 Å². The van der Waals surface area contributed by atoms with E-state index in [1.165, 1.54) is 0 Å². The molecule has 0 unspecified atom stereocenters. The van der Waals surface area contributed by atoms with Gasteiger partial charge in [-0.2, -0.15) is 0 Å². The maximum atomic E-state index is 12.4. The van der Waals surface area contributed by atoms with Crippen molar-refractivity contribution in [3.05, 3.63) is 70.8 Å². The molecule has 0 aromatic heterocycles. The first-order valence-electron chi connectivity index (χ1n) is 6.28. The Balaban J connectivity index is 1.93. The maximum absolute atomic E-state index is 12.4. The van der Waals surface area contributed by atoms with Crippen LogP contribution in [0.15, 0.2) is 54.1 Å². The topological polar surface area (TPSA) is 26.3 Å². The summed E-state index contributed by atoms with van der Waals surface area (Å²) in [6.45, 7) is 2.34. The third-order valence-corrected chi connectivity index (χ3v) is 3.24. The monoisotopic (exact) mass is 250 g/mol. The highest BCUT2D eigenvalue weighted by molar-refractivity contribution is 6.12. The zero-order valence-corrected chi connectivity index (χ0v) is 10.7. The number of hydrogen-bond acceptors (Lipinski definition) is 2. The first-order chi connectivity index (χ1) is 9.24. The quantitative estimate of drug-likeness (QED) is 0.760. The highest BCUT2D eigenvalue weighted by atomic mass is 16.5. The average Bonchev–Trinajstić information content (AvgIpc) is 2.47. The molecule has 19 heavy (non-hydrogen) atoms. The Hall–Kier alpha value is -2.35. The molecule has 1 aliphatic heterocycles. The Morgan fingerprint density at radius 2 is 1.79 bits per heavy atom. The standard InChI is InChI=1S/C17H14O2/c1-12-6-8-13(9-7-12)17(18)15-10-14-4-2-3-5-16(14)19-11-15/h2-10H,11H2,1H3. The average molecular weight is 250 g/mol. The lowest BCUT2D eigenvalue weighted by atomic mass is 9.99. The molecule has 0 saturated heterocycles. The van der Waals surface area contributed by atoms with Crippen molar-refractivity contribution in [2.45, 2.75) is 6.92 Å². The molecule has 2 nitrogen and oxygen atoms in total. The van der Waals surface area contributed by atoms with Crippen LogP contribution in [0.4, 0.5) is 0 Å². The maximum Gasteiger partial charge on any atom is 0.192 e. The normalized spacial score (nSPS) is 13.2. The summed E-state index contributed by atoms with van der Waals surface area (Å²) in [5.74, 6) is 0.873. The van der Waals surface area contributed by atoms with Gasteiger partial charge in [0.25, 0.3) is 0 Å². The Kier molecular flexibility index (Phi) is 2.92. The SMILES string of the molecule is Cc1ccc(C(=O)C2=Cc3ccccc3OC2)cc1. The molecular weight excluding hydrogens is 236 g/mol. The number of hydrogen-bond donors (Lipinski definition) is 0. The van der Waals surface area contributed by atoms with Crippen molar-refractivity contribution in [1.82, 2.24) is 0 Å². The summed E-state index contributed by atoms with van der Waals surface area (Å²) < 4.78 is 5.61. The van der Waals surface area contributed by atoms with Gasteiger partial charge in [0.2, 0.25) is 0 Å². The molecule has 0 spiro atoms. The number of aryl methyl sites for hydroxylation is 1. The number of ether oxygens (including phenoxy) is 1. The molecule has 0 radical (unpaired) electrons. The fraction of sp³-hybridized carbons (Fsp3) is 0.118. The van der Waals surface area contributed by atoms with Crippen LogP contribution in [-0.2, 0) is 0 Å². The molecule has 2 aromatic rings. The first-order valence-corrected chi connectivity index (χ1v) is 6.28. The van der Waals surface area contributed by atoms with Crippen LogP contribution in [0.1, 0.15) is 21.5 Å². The summed E-state index contributed by atoms with van der Waals surface area (Å²) in [6.07, 6.45) is 1.92. The van der Waals surface area contributed by atoms with Gasteiger partial charge < -0.3 is 4.74 Å². The molecule has 0 atom stereocenters. The molecule has 3 rings (SSSR count). The second-order valence-electron chi connectivity index (χ2n) is 4.69. The molecule has 0 N–H and O–H groups in total. The van der Waals surface area contributed by atoms with Crippen LogP contribution in [0, 0.1) is 6.92 Å². The zero-order valence-electron chi connectivity index (χ0n) is 10.7. The third-order valence-electron chi connectivity index (χ3n) is 3.24. The predicted octanol–water partition coefficient (Wildman–Crippen LogP) is 3.65. The minimum absolute atomic E-state index is 0.0366. The van der Waals surface area contributed by atoms with E-state index in [0.717, 1.165) is 16.9 Å². The number of rotatable bonds is 2. The molecule has 0 bridgehead atoms. The van der Waals surface area contributed by atoms with E-state index in [1.807, 2.05) is 61.5 Å². The largest absolute Gasteiger partial charge is 0.488 e. The Morgan fingerprint density at radius 3 is 2.58 bits per heavy atom. The fourth-order valence-electron chi connectivity index (χ4n) is 2.14. The number of fused-ring (bicyclic) bond motifs is 1. The fourth-order valence-corrected chi connectivity index (χ4v) is 2.14. The lowest BCUT2D eigenvalue weighted by Gasteiger charge is -2.17. The predicted molar refractivity (Wildman–Crippen MR) is 75.4 cm³/mol. The van der Waals surface area contributed by atoms with Gasteiger partial charge in [-0.15, -0.1) is 0 Å². The number of benzene rings is 2. The molecule has 1 heterocycles. The molecule has 0 saturated carbocycles. The van der Waals surface area contributed by atoms with Gasteiger partial charge in [0.15, 0.2) is 5.78 Å². The van der Waals surface area contributed by atoms with Gasteiger partial charge >= 0.3 is 0 Å². The van der Waals surface area contributed by atoms with Crippen molar-refractivity contribution in [3.8, 4) is 5.75 Å². The summed E-state index contributed by atoms with van der Waals surface area (Å²) in [7, 11) is 0. The minimum atomic E-state index is 0.0366. The minimum Gasteiger partial charge on any atom is -0.488 e. The van der Waals surface area contributed by atoms with Crippen molar-refractivity contribution in [1.29, 1.82) is 0 Å². The van der Waals surface area contributed by atoms with Crippen molar-refractivity contribution in [3.63, 3.8) is 0 Å². The van der Waals surface area contributed by atoms with Gasteiger partial charge in [0, 0.05) is 16.7 Å². The summed E-state index contributed by atoms with van der Waals surface area (Å²) in [5.41, 5.74) is 3.52. The molecule has 94 valence electrons. The molecular formula is C17H14O2. The van der Waals surface area contributed by atoms with Crippen LogP contribution in [0.3, 0.4) is 0 Å². The van der Waals surface area contributed by atoms with E-state index in [9.17, 15) is 4.79 Å². The summed E-state index contributed by atoms with van der Waals surface area (Å²) in [4.78, 5) is 12.4. The van der Waals surface area contributed by atoms with Gasteiger partial charge in [-0.05, 0) is 19.1 Å². The van der Waals surface area contributed by atoms with Crippen LogP contribution in [0.25, 0.3) is 6.08 Å². The van der Waals surface area contributed by atoms with Crippen LogP contribution in [0.2, 0.25) is 0 Å². The Labute approximate surface area is 112 Å². The Morgan fingerprint density at radius 1 is 1.05 bits per heavy atom. The first kappa shape index (κ1) is 11.7. The molecule has 2 heteroatoms. The van der Waals surface area contributed by atoms with Gasteiger partial charge in [0.1, 0.15) is 12.4 Å². The van der Waals surface area contributed by atoms with Crippen molar-refractivity contribution in [2.24, 2.45) is 0 Å².